The summed E-state index contributed by atoms with van der Waals surface area (Å²) in [5.41, 5.74) is 1.80. The number of rotatable bonds is 6. The SMILES string of the molecule is COC(=O)/C=C/c1ccc(OC)c(OCc2ccc(Cl)cc2)c1. The van der Waals surface area contributed by atoms with Gasteiger partial charge in [-0.1, -0.05) is 29.8 Å². The maximum Gasteiger partial charge on any atom is 0.330 e. The van der Waals surface area contributed by atoms with Crippen molar-refractivity contribution < 1.29 is 19.0 Å². The Bertz CT molecular complexity index is 693. The predicted molar refractivity (Wildman–Crippen MR) is 89.8 cm³/mol. The Morgan fingerprint density at radius 1 is 1.09 bits per heavy atom. The first-order valence-corrected chi connectivity index (χ1v) is 7.31. The van der Waals surface area contributed by atoms with Crippen molar-refractivity contribution in [2.75, 3.05) is 14.2 Å². The molecule has 0 heterocycles. The van der Waals surface area contributed by atoms with Crippen molar-refractivity contribution in [3.8, 4) is 11.5 Å². The molecular formula is C18H17ClO4. The molecule has 23 heavy (non-hydrogen) atoms. The Balaban J connectivity index is 2.13. The van der Waals surface area contributed by atoms with Crippen molar-refractivity contribution in [3.63, 3.8) is 0 Å². The summed E-state index contributed by atoms with van der Waals surface area (Å²) in [6.07, 6.45) is 3.01. The molecule has 2 aromatic rings. The molecule has 0 fully saturated rings. The average molecular weight is 333 g/mol. The van der Waals surface area contributed by atoms with Gasteiger partial charge in [-0.15, -0.1) is 0 Å². The van der Waals surface area contributed by atoms with Gasteiger partial charge in [0, 0.05) is 11.1 Å². The topological polar surface area (TPSA) is 44.8 Å². The first kappa shape index (κ1) is 16.9. The lowest BCUT2D eigenvalue weighted by Crippen LogP contribution is -1.98. The number of methoxy groups -OCH3 is 2. The van der Waals surface area contributed by atoms with Crippen LogP contribution in [0.3, 0.4) is 0 Å². The molecule has 0 amide bonds. The van der Waals surface area contributed by atoms with E-state index in [9.17, 15) is 4.79 Å². The maximum atomic E-state index is 11.2. The highest BCUT2D eigenvalue weighted by atomic mass is 35.5. The molecule has 0 aromatic heterocycles. The van der Waals surface area contributed by atoms with Crippen LogP contribution in [-0.2, 0) is 16.1 Å². The number of hydrogen-bond donors (Lipinski definition) is 0. The molecule has 0 bridgehead atoms. The van der Waals surface area contributed by atoms with Gasteiger partial charge in [0.05, 0.1) is 14.2 Å². The summed E-state index contributed by atoms with van der Waals surface area (Å²) >= 11 is 5.86. The van der Waals surface area contributed by atoms with Gasteiger partial charge >= 0.3 is 5.97 Å². The van der Waals surface area contributed by atoms with Crippen molar-refractivity contribution in [2.24, 2.45) is 0 Å². The highest BCUT2D eigenvalue weighted by molar-refractivity contribution is 6.30. The minimum atomic E-state index is -0.413. The van der Waals surface area contributed by atoms with Gasteiger partial charge in [-0.3, -0.25) is 0 Å². The van der Waals surface area contributed by atoms with Gasteiger partial charge in [-0.2, -0.15) is 0 Å². The lowest BCUT2D eigenvalue weighted by Gasteiger charge is -2.11. The molecule has 2 rings (SSSR count). The van der Waals surface area contributed by atoms with Crippen LogP contribution in [0.25, 0.3) is 6.08 Å². The van der Waals surface area contributed by atoms with Crippen LogP contribution in [0.1, 0.15) is 11.1 Å². The van der Waals surface area contributed by atoms with E-state index in [1.807, 2.05) is 30.3 Å². The summed E-state index contributed by atoms with van der Waals surface area (Å²) in [4.78, 5) is 11.2. The fourth-order valence-corrected chi connectivity index (χ4v) is 2.01. The number of carbonyl (C=O) groups is 1. The molecule has 0 saturated heterocycles. The molecule has 0 aliphatic rings. The standard InChI is InChI=1S/C18H17ClO4/c1-21-16-9-5-13(6-10-18(20)22-2)11-17(16)23-12-14-3-7-15(19)8-4-14/h3-11H,12H2,1-2H3/b10-6+. The van der Waals surface area contributed by atoms with Gasteiger partial charge in [0.1, 0.15) is 6.61 Å². The lowest BCUT2D eigenvalue weighted by atomic mass is 10.2. The first-order valence-electron chi connectivity index (χ1n) is 6.93. The van der Waals surface area contributed by atoms with Crippen molar-refractivity contribution in [2.45, 2.75) is 6.61 Å². The fourth-order valence-electron chi connectivity index (χ4n) is 1.88. The second-order valence-corrected chi connectivity index (χ2v) is 5.12. The van der Waals surface area contributed by atoms with Crippen LogP contribution in [0.15, 0.2) is 48.5 Å². The van der Waals surface area contributed by atoms with Crippen molar-refractivity contribution in [3.05, 3.63) is 64.7 Å². The molecule has 0 unspecified atom stereocenters. The number of benzene rings is 2. The molecule has 0 N–H and O–H groups in total. The minimum absolute atomic E-state index is 0.387. The van der Waals surface area contributed by atoms with Crippen LogP contribution in [0.2, 0.25) is 5.02 Å². The molecule has 5 heteroatoms. The third-order valence-corrected chi connectivity index (χ3v) is 3.36. The van der Waals surface area contributed by atoms with Crippen LogP contribution < -0.4 is 9.47 Å². The average Bonchev–Trinajstić information content (AvgIpc) is 2.59. The quantitative estimate of drug-likeness (QED) is 0.590. The molecule has 0 aliphatic heterocycles. The van der Waals surface area contributed by atoms with E-state index in [-0.39, 0.29) is 0 Å². The lowest BCUT2D eigenvalue weighted by molar-refractivity contribution is -0.134. The van der Waals surface area contributed by atoms with Gasteiger partial charge in [0.15, 0.2) is 11.5 Å². The van der Waals surface area contributed by atoms with E-state index in [4.69, 9.17) is 21.1 Å². The molecule has 120 valence electrons. The summed E-state index contributed by atoms with van der Waals surface area (Å²) in [6, 6.07) is 12.8. The van der Waals surface area contributed by atoms with Crippen molar-refractivity contribution in [1.29, 1.82) is 0 Å². The minimum Gasteiger partial charge on any atom is -0.493 e. The third-order valence-electron chi connectivity index (χ3n) is 3.11. The molecule has 0 saturated carbocycles. The zero-order chi connectivity index (χ0) is 16.7. The fraction of sp³-hybridized carbons (Fsp3) is 0.167. The van der Waals surface area contributed by atoms with Crippen molar-refractivity contribution in [1.82, 2.24) is 0 Å². The van der Waals surface area contributed by atoms with Crippen LogP contribution in [0, 0.1) is 0 Å². The highest BCUT2D eigenvalue weighted by Gasteiger charge is 2.06. The van der Waals surface area contributed by atoms with Gasteiger partial charge in [0.25, 0.3) is 0 Å². The summed E-state index contributed by atoms with van der Waals surface area (Å²) in [7, 11) is 2.91. The number of halogens is 1. The summed E-state index contributed by atoms with van der Waals surface area (Å²) < 4.78 is 15.7. The number of carbonyl (C=O) groups excluding carboxylic acids is 1. The normalized spacial score (nSPS) is 10.6. The van der Waals surface area contributed by atoms with Gasteiger partial charge in [0.2, 0.25) is 0 Å². The molecule has 0 atom stereocenters. The Morgan fingerprint density at radius 2 is 1.83 bits per heavy atom. The first-order chi connectivity index (χ1) is 11.1. The van der Waals surface area contributed by atoms with Crippen LogP contribution in [0.4, 0.5) is 0 Å². The molecule has 2 aromatic carbocycles. The van der Waals surface area contributed by atoms with Crippen LogP contribution >= 0.6 is 11.6 Å². The van der Waals surface area contributed by atoms with E-state index in [0.717, 1.165) is 11.1 Å². The zero-order valence-electron chi connectivity index (χ0n) is 12.9. The Hall–Kier alpha value is -2.46. The van der Waals surface area contributed by atoms with E-state index in [0.29, 0.717) is 23.1 Å². The number of esters is 1. The monoisotopic (exact) mass is 332 g/mol. The second-order valence-electron chi connectivity index (χ2n) is 4.68. The van der Waals surface area contributed by atoms with Crippen LogP contribution in [0.5, 0.6) is 11.5 Å². The van der Waals surface area contributed by atoms with Crippen LogP contribution in [-0.4, -0.2) is 20.2 Å². The maximum absolute atomic E-state index is 11.2. The van der Waals surface area contributed by atoms with Gasteiger partial charge < -0.3 is 14.2 Å². The largest absolute Gasteiger partial charge is 0.493 e. The van der Waals surface area contributed by atoms with E-state index >= 15 is 0 Å². The molecule has 0 spiro atoms. The summed E-state index contributed by atoms with van der Waals surface area (Å²) in [5, 5.41) is 0.682. The molecule has 0 radical (unpaired) electrons. The Labute approximate surface area is 140 Å². The summed E-state index contributed by atoms with van der Waals surface area (Å²) in [6.45, 7) is 0.387. The van der Waals surface area contributed by atoms with Crippen molar-refractivity contribution >= 4 is 23.6 Å². The third kappa shape index (κ3) is 5.04. The Kier molecular flexibility index (Phi) is 6.06. The summed E-state index contributed by atoms with van der Waals surface area (Å²) in [5.74, 6) is 0.799. The molecular weight excluding hydrogens is 316 g/mol. The highest BCUT2D eigenvalue weighted by Crippen LogP contribution is 2.29. The molecule has 0 aliphatic carbocycles. The zero-order valence-corrected chi connectivity index (χ0v) is 13.7. The van der Waals surface area contributed by atoms with Gasteiger partial charge in [-0.05, 0) is 41.5 Å². The molecule has 4 nitrogen and oxygen atoms in total. The van der Waals surface area contributed by atoms with E-state index in [1.165, 1.54) is 13.2 Å². The second kappa shape index (κ2) is 8.25. The van der Waals surface area contributed by atoms with E-state index in [1.54, 1.807) is 25.3 Å². The Morgan fingerprint density at radius 3 is 2.48 bits per heavy atom. The predicted octanol–water partition coefficient (Wildman–Crippen LogP) is 4.11. The smallest absolute Gasteiger partial charge is 0.330 e. The van der Waals surface area contributed by atoms with Gasteiger partial charge in [-0.25, -0.2) is 4.79 Å². The van der Waals surface area contributed by atoms with E-state index in [2.05, 4.69) is 4.74 Å². The number of ether oxygens (including phenoxy) is 3. The number of hydrogen-bond acceptors (Lipinski definition) is 4. The van der Waals surface area contributed by atoms with E-state index < -0.39 is 5.97 Å².